The Hall–Kier alpha value is -3.07. The lowest BCUT2D eigenvalue weighted by Gasteiger charge is -2.20. The number of nitrogens with zero attached hydrogens (tertiary/aromatic N) is 1. The van der Waals surface area contributed by atoms with Crippen LogP contribution in [0.25, 0.3) is 0 Å². The molecule has 0 radical (unpaired) electrons. The molecule has 2 aromatic carbocycles. The quantitative estimate of drug-likeness (QED) is 0.277. The number of esters is 1. The molecule has 1 unspecified atom stereocenters. The Bertz CT molecular complexity index is 910. The molecule has 0 aliphatic heterocycles. The molecule has 0 saturated carbocycles. The third-order valence-corrected chi connectivity index (χ3v) is 4.59. The Morgan fingerprint density at radius 2 is 1.59 bits per heavy atom. The van der Waals surface area contributed by atoms with Gasteiger partial charge in [-0.1, -0.05) is 41.9 Å². The molecular weight excluding hydrogens is 444 g/mol. The Balaban J connectivity index is 1.99. The van der Waals surface area contributed by atoms with Gasteiger partial charge >= 0.3 is 5.97 Å². The number of benzene rings is 2. The van der Waals surface area contributed by atoms with Gasteiger partial charge in [-0.3, -0.25) is 19.7 Å². The third kappa shape index (κ3) is 6.21. The lowest BCUT2D eigenvalue weighted by molar-refractivity contribution is -0.384. The summed E-state index contributed by atoms with van der Waals surface area (Å²) in [6, 6.07) is 10.7. The smallest absolute Gasteiger partial charge is 0.329 e. The van der Waals surface area contributed by atoms with Crippen LogP contribution in [0, 0.1) is 16.0 Å². The standard InChI is InChI=1S/C20H19BrN2O6/c1-12(2)18(22-19(25)14-5-9-16(10-6-14)23(27)28)20(26)29-11-17(24)13-3-7-15(21)8-4-13/h3-10,12,18H,11H2,1-2H3,(H,22,25). The number of Topliss-reactive ketones (excluding diaryl/α,β-unsaturated/α-hetero) is 1. The largest absolute Gasteiger partial charge is 0.456 e. The first-order valence-electron chi connectivity index (χ1n) is 8.69. The highest BCUT2D eigenvalue weighted by Crippen LogP contribution is 2.14. The van der Waals surface area contributed by atoms with Crippen LogP contribution >= 0.6 is 15.9 Å². The van der Waals surface area contributed by atoms with Gasteiger partial charge in [0, 0.05) is 27.7 Å². The van der Waals surface area contributed by atoms with E-state index < -0.39 is 29.4 Å². The number of nitro groups is 1. The van der Waals surface area contributed by atoms with E-state index in [9.17, 15) is 24.5 Å². The Morgan fingerprint density at radius 1 is 1.03 bits per heavy atom. The molecule has 0 aliphatic carbocycles. The van der Waals surface area contributed by atoms with Gasteiger partial charge in [0.15, 0.2) is 12.4 Å². The SMILES string of the molecule is CC(C)C(NC(=O)c1ccc([N+](=O)[O-])cc1)C(=O)OCC(=O)c1ccc(Br)cc1. The second-order valence-electron chi connectivity index (χ2n) is 6.54. The van der Waals surface area contributed by atoms with Gasteiger partial charge in [-0.05, 0) is 30.2 Å². The number of hydrogen-bond acceptors (Lipinski definition) is 6. The summed E-state index contributed by atoms with van der Waals surface area (Å²) < 4.78 is 5.91. The zero-order valence-corrected chi connectivity index (χ0v) is 17.3. The molecule has 0 aliphatic rings. The van der Waals surface area contributed by atoms with Crippen molar-refractivity contribution in [1.82, 2.24) is 5.32 Å². The van der Waals surface area contributed by atoms with Crippen molar-refractivity contribution in [3.05, 3.63) is 74.2 Å². The lowest BCUT2D eigenvalue weighted by atomic mass is 10.0. The molecule has 1 amide bonds. The number of hydrogen-bond donors (Lipinski definition) is 1. The summed E-state index contributed by atoms with van der Waals surface area (Å²) in [6.45, 7) is 2.99. The van der Waals surface area contributed by atoms with E-state index >= 15 is 0 Å². The fourth-order valence-corrected chi connectivity index (χ4v) is 2.67. The molecule has 1 N–H and O–H groups in total. The van der Waals surface area contributed by atoms with E-state index in [0.717, 1.165) is 4.47 Å². The van der Waals surface area contributed by atoms with Crippen molar-refractivity contribution in [2.45, 2.75) is 19.9 Å². The first-order chi connectivity index (χ1) is 13.7. The molecule has 0 fully saturated rings. The van der Waals surface area contributed by atoms with Gasteiger partial charge in [-0.25, -0.2) is 4.79 Å². The van der Waals surface area contributed by atoms with E-state index in [1.807, 2.05) is 0 Å². The second-order valence-corrected chi connectivity index (χ2v) is 7.45. The van der Waals surface area contributed by atoms with Crippen LogP contribution in [0.3, 0.4) is 0 Å². The maximum atomic E-state index is 12.4. The van der Waals surface area contributed by atoms with Crippen molar-refractivity contribution < 1.29 is 24.0 Å². The minimum absolute atomic E-state index is 0.146. The fourth-order valence-electron chi connectivity index (χ4n) is 2.40. The van der Waals surface area contributed by atoms with Gasteiger partial charge in [-0.15, -0.1) is 0 Å². The van der Waals surface area contributed by atoms with Crippen LogP contribution in [0.2, 0.25) is 0 Å². The Morgan fingerprint density at radius 3 is 2.10 bits per heavy atom. The van der Waals surface area contributed by atoms with Gasteiger partial charge in [0.05, 0.1) is 4.92 Å². The summed E-state index contributed by atoms with van der Waals surface area (Å²) in [5, 5.41) is 13.2. The Labute approximate surface area is 175 Å². The van der Waals surface area contributed by atoms with Crippen LogP contribution in [-0.4, -0.2) is 35.2 Å². The van der Waals surface area contributed by atoms with Gasteiger partial charge in [0.1, 0.15) is 6.04 Å². The average molecular weight is 463 g/mol. The van der Waals surface area contributed by atoms with Crippen LogP contribution in [-0.2, 0) is 9.53 Å². The number of nitrogens with one attached hydrogen (secondary N) is 1. The number of non-ortho nitro benzene ring substituents is 1. The topological polar surface area (TPSA) is 116 Å². The summed E-state index contributed by atoms with van der Waals surface area (Å²) in [6.07, 6.45) is 0. The van der Waals surface area contributed by atoms with Crippen molar-refractivity contribution >= 4 is 39.3 Å². The maximum Gasteiger partial charge on any atom is 0.329 e. The molecule has 2 aromatic rings. The van der Waals surface area contributed by atoms with E-state index in [1.54, 1.807) is 38.1 Å². The van der Waals surface area contributed by atoms with Gasteiger partial charge in [0.2, 0.25) is 0 Å². The van der Waals surface area contributed by atoms with Gasteiger partial charge in [0.25, 0.3) is 11.6 Å². The van der Waals surface area contributed by atoms with Crippen LogP contribution in [0.15, 0.2) is 53.0 Å². The molecule has 0 spiro atoms. The van der Waals surface area contributed by atoms with Crippen molar-refractivity contribution in [2.24, 2.45) is 5.92 Å². The number of ketones is 1. The molecule has 152 valence electrons. The highest BCUT2D eigenvalue weighted by Gasteiger charge is 2.27. The number of nitro benzene ring substituents is 1. The van der Waals surface area contributed by atoms with Crippen molar-refractivity contribution in [3.63, 3.8) is 0 Å². The van der Waals surface area contributed by atoms with E-state index in [4.69, 9.17) is 4.74 Å². The number of amides is 1. The number of ether oxygens (including phenoxy) is 1. The minimum atomic E-state index is -0.976. The van der Waals surface area contributed by atoms with Crippen LogP contribution < -0.4 is 5.32 Å². The highest BCUT2D eigenvalue weighted by atomic mass is 79.9. The second kappa shape index (κ2) is 9.92. The van der Waals surface area contributed by atoms with E-state index in [2.05, 4.69) is 21.2 Å². The number of carbonyl (C=O) groups excluding carboxylic acids is 3. The Kier molecular flexibility index (Phi) is 7.60. The molecule has 9 heteroatoms. The number of carbonyl (C=O) groups is 3. The average Bonchev–Trinajstić information content (AvgIpc) is 2.70. The highest BCUT2D eigenvalue weighted by molar-refractivity contribution is 9.10. The lowest BCUT2D eigenvalue weighted by Crippen LogP contribution is -2.45. The van der Waals surface area contributed by atoms with Crippen LogP contribution in [0.1, 0.15) is 34.6 Å². The van der Waals surface area contributed by atoms with Crippen molar-refractivity contribution in [1.29, 1.82) is 0 Å². The maximum absolute atomic E-state index is 12.4. The molecule has 8 nitrogen and oxygen atoms in total. The van der Waals surface area contributed by atoms with Crippen molar-refractivity contribution in [3.8, 4) is 0 Å². The number of rotatable bonds is 8. The molecule has 0 aromatic heterocycles. The zero-order valence-electron chi connectivity index (χ0n) is 15.8. The molecule has 0 heterocycles. The van der Waals surface area contributed by atoms with E-state index in [-0.39, 0.29) is 23.0 Å². The summed E-state index contributed by atoms with van der Waals surface area (Å²) in [4.78, 5) is 47.1. The minimum Gasteiger partial charge on any atom is -0.456 e. The fraction of sp³-hybridized carbons (Fsp3) is 0.250. The van der Waals surface area contributed by atoms with Crippen molar-refractivity contribution in [2.75, 3.05) is 6.61 Å². The molecule has 0 saturated heterocycles. The number of halogens is 1. The predicted molar refractivity (Wildman–Crippen MR) is 109 cm³/mol. The molecule has 2 rings (SSSR count). The van der Waals surface area contributed by atoms with Gasteiger partial charge in [-0.2, -0.15) is 0 Å². The van der Waals surface area contributed by atoms with E-state index in [1.165, 1.54) is 24.3 Å². The molecule has 0 bridgehead atoms. The van der Waals surface area contributed by atoms with Crippen LogP contribution in [0.4, 0.5) is 5.69 Å². The third-order valence-electron chi connectivity index (χ3n) is 4.06. The molecular formula is C20H19BrN2O6. The summed E-state index contributed by atoms with van der Waals surface area (Å²) in [5.41, 5.74) is 0.421. The first kappa shape index (κ1) is 22.2. The predicted octanol–water partition coefficient (Wildman–Crippen LogP) is 3.54. The van der Waals surface area contributed by atoms with Gasteiger partial charge < -0.3 is 10.1 Å². The monoisotopic (exact) mass is 462 g/mol. The molecule has 29 heavy (non-hydrogen) atoms. The summed E-state index contributed by atoms with van der Waals surface area (Å²) >= 11 is 3.27. The van der Waals surface area contributed by atoms with E-state index in [0.29, 0.717) is 5.56 Å². The first-order valence-corrected chi connectivity index (χ1v) is 9.49. The zero-order chi connectivity index (χ0) is 21.6. The normalized spacial score (nSPS) is 11.6. The van der Waals surface area contributed by atoms with Crippen LogP contribution in [0.5, 0.6) is 0 Å². The summed E-state index contributed by atoms with van der Waals surface area (Å²) in [7, 11) is 0. The summed E-state index contributed by atoms with van der Waals surface area (Å²) in [5.74, 6) is -1.97. The molecule has 1 atom stereocenters.